The SMILES string of the molecule is NSSc1ccn[nH]1. The fourth-order valence-corrected chi connectivity index (χ4v) is 1.24. The van der Waals surface area contributed by atoms with E-state index >= 15 is 0 Å². The molecule has 0 saturated heterocycles. The van der Waals surface area contributed by atoms with Gasteiger partial charge in [0.15, 0.2) is 0 Å². The van der Waals surface area contributed by atoms with E-state index in [-0.39, 0.29) is 0 Å². The molecular weight excluding hydrogens is 142 g/mol. The highest BCUT2D eigenvalue weighted by molar-refractivity contribution is 8.75. The van der Waals surface area contributed by atoms with Crippen molar-refractivity contribution in [2.45, 2.75) is 5.03 Å². The number of aromatic nitrogens is 2. The number of aromatic amines is 1. The second kappa shape index (κ2) is 3.01. The molecule has 0 aromatic carbocycles. The van der Waals surface area contributed by atoms with Crippen LogP contribution < -0.4 is 5.14 Å². The van der Waals surface area contributed by atoms with E-state index in [1.165, 1.54) is 21.8 Å². The van der Waals surface area contributed by atoms with Crippen LogP contribution in [0.4, 0.5) is 0 Å². The van der Waals surface area contributed by atoms with Crippen LogP contribution >= 0.6 is 21.8 Å². The van der Waals surface area contributed by atoms with Crippen molar-refractivity contribution in [3.63, 3.8) is 0 Å². The van der Waals surface area contributed by atoms with Gasteiger partial charge in [-0.2, -0.15) is 5.10 Å². The molecular formula is C3H5N3S2. The maximum Gasteiger partial charge on any atom is 0.103 e. The first-order chi connectivity index (χ1) is 3.93. The molecule has 1 aromatic heterocycles. The third-order valence-electron chi connectivity index (χ3n) is 0.613. The molecule has 0 unspecified atom stereocenters. The molecule has 5 heteroatoms. The predicted octanol–water partition coefficient (Wildman–Crippen LogP) is 1.02. The third-order valence-corrected chi connectivity index (χ3v) is 1.94. The molecule has 0 aliphatic rings. The lowest BCUT2D eigenvalue weighted by atomic mass is 10.8. The van der Waals surface area contributed by atoms with Crippen LogP contribution in [0.5, 0.6) is 0 Å². The summed E-state index contributed by atoms with van der Waals surface area (Å²) in [5, 5.41) is 12.6. The van der Waals surface area contributed by atoms with Crippen molar-refractivity contribution in [1.29, 1.82) is 0 Å². The molecule has 0 fully saturated rings. The molecule has 1 heterocycles. The second-order valence-electron chi connectivity index (χ2n) is 1.10. The van der Waals surface area contributed by atoms with Crippen molar-refractivity contribution < 1.29 is 0 Å². The van der Waals surface area contributed by atoms with E-state index in [9.17, 15) is 0 Å². The highest BCUT2D eigenvalue weighted by Crippen LogP contribution is 2.22. The van der Waals surface area contributed by atoms with Gasteiger partial charge in [0.1, 0.15) is 5.03 Å². The standard InChI is InChI=1S/C3H5N3S2/c4-8-7-3-1-2-5-6-3/h1-2H,4H2,(H,5,6). The van der Waals surface area contributed by atoms with Crippen molar-refractivity contribution in [3.8, 4) is 0 Å². The molecule has 0 aliphatic carbocycles. The first-order valence-electron chi connectivity index (χ1n) is 1.96. The molecule has 8 heavy (non-hydrogen) atoms. The molecule has 0 bridgehead atoms. The zero-order valence-electron chi connectivity index (χ0n) is 4.00. The average Bonchev–Trinajstić information content (AvgIpc) is 2.19. The molecule has 3 N–H and O–H groups in total. The Morgan fingerprint density at radius 3 is 3.12 bits per heavy atom. The van der Waals surface area contributed by atoms with Crippen molar-refractivity contribution in [2.24, 2.45) is 5.14 Å². The van der Waals surface area contributed by atoms with Gasteiger partial charge < -0.3 is 0 Å². The Labute approximate surface area is 55.0 Å². The van der Waals surface area contributed by atoms with Crippen molar-refractivity contribution in [3.05, 3.63) is 12.3 Å². The lowest BCUT2D eigenvalue weighted by Crippen LogP contribution is -1.71. The summed E-state index contributed by atoms with van der Waals surface area (Å²) in [6, 6.07) is 1.87. The van der Waals surface area contributed by atoms with Crippen LogP contribution in [0.3, 0.4) is 0 Å². The lowest BCUT2D eigenvalue weighted by Gasteiger charge is -1.84. The van der Waals surface area contributed by atoms with Crippen LogP contribution in [-0.2, 0) is 0 Å². The van der Waals surface area contributed by atoms with E-state index in [1.54, 1.807) is 6.20 Å². The first-order valence-corrected chi connectivity index (χ1v) is 4.17. The van der Waals surface area contributed by atoms with Crippen LogP contribution in [0.25, 0.3) is 0 Å². The summed E-state index contributed by atoms with van der Waals surface area (Å²) < 4.78 is 0. The van der Waals surface area contributed by atoms with Gasteiger partial charge in [0.2, 0.25) is 0 Å². The Kier molecular flexibility index (Phi) is 2.26. The molecule has 1 aromatic rings. The number of nitrogens with zero attached hydrogens (tertiary/aromatic N) is 1. The number of rotatable bonds is 2. The summed E-state index contributed by atoms with van der Waals surface area (Å²) in [6.45, 7) is 0. The average molecular weight is 147 g/mol. The van der Waals surface area contributed by atoms with Crippen LogP contribution in [0, 0.1) is 0 Å². The van der Waals surface area contributed by atoms with Crippen molar-refractivity contribution >= 4 is 21.8 Å². The first kappa shape index (κ1) is 6.00. The van der Waals surface area contributed by atoms with Crippen molar-refractivity contribution in [1.82, 2.24) is 10.2 Å². The summed E-state index contributed by atoms with van der Waals surface area (Å²) in [6.07, 6.45) is 1.69. The quantitative estimate of drug-likeness (QED) is 0.484. The largest absolute Gasteiger partial charge is 0.271 e. The molecule has 0 saturated carbocycles. The minimum absolute atomic E-state index is 0.984. The van der Waals surface area contributed by atoms with E-state index in [4.69, 9.17) is 5.14 Å². The molecule has 0 radical (unpaired) electrons. The highest BCUT2D eigenvalue weighted by atomic mass is 33.1. The normalized spacial score (nSPS) is 9.62. The van der Waals surface area contributed by atoms with E-state index in [0.717, 1.165) is 5.03 Å². The summed E-state index contributed by atoms with van der Waals surface area (Å²) >= 11 is 0. The zero-order valence-corrected chi connectivity index (χ0v) is 5.63. The molecule has 0 amide bonds. The minimum Gasteiger partial charge on any atom is -0.271 e. The van der Waals surface area contributed by atoms with Gasteiger partial charge in [-0.15, -0.1) is 0 Å². The summed E-state index contributed by atoms with van der Waals surface area (Å²) in [5.74, 6) is 0. The Morgan fingerprint density at radius 1 is 1.75 bits per heavy atom. The van der Waals surface area contributed by atoms with Gasteiger partial charge in [-0.25, -0.2) is 0 Å². The molecule has 0 atom stereocenters. The Hall–Kier alpha value is -0.130. The van der Waals surface area contributed by atoms with Crippen LogP contribution in [-0.4, -0.2) is 10.2 Å². The Balaban J connectivity index is 2.50. The maximum atomic E-state index is 5.15. The van der Waals surface area contributed by atoms with Gasteiger partial charge in [-0.3, -0.25) is 10.2 Å². The van der Waals surface area contributed by atoms with E-state index in [1.807, 2.05) is 6.07 Å². The van der Waals surface area contributed by atoms with Gasteiger partial charge in [-0.1, -0.05) is 0 Å². The maximum absolute atomic E-state index is 5.15. The fourth-order valence-electron chi connectivity index (χ4n) is 0.341. The Morgan fingerprint density at radius 2 is 2.62 bits per heavy atom. The second-order valence-corrected chi connectivity index (χ2v) is 2.98. The molecule has 44 valence electrons. The molecule has 0 spiro atoms. The number of hydrogen-bond acceptors (Lipinski definition) is 4. The summed E-state index contributed by atoms with van der Waals surface area (Å²) in [5.41, 5.74) is 0. The topological polar surface area (TPSA) is 54.7 Å². The highest BCUT2D eigenvalue weighted by Gasteiger charge is 1.88. The summed E-state index contributed by atoms with van der Waals surface area (Å²) in [7, 11) is 2.66. The number of nitrogens with one attached hydrogen (secondary N) is 1. The number of H-pyrrole nitrogens is 1. The van der Waals surface area contributed by atoms with E-state index in [2.05, 4.69) is 10.2 Å². The van der Waals surface area contributed by atoms with Crippen LogP contribution in [0.15, 0.2) is 17.3 Å². The molecule has 0 aliphatic heterocycles. The van der Waals surface area contributed by atoms with Gasteiger partial charge in [0.25, 0.3) is 0 Å². The zero-order chi connectivity index (χ0) is 5.82. The third kappa shape index (κ3) is 1.43. The van der Waals surface area contributed by atoms with Crippen LogP contribution in [0.1, 0.15) is 0 Å². The molecule has 1 rings (SSSR count). The summed E-state index contributed by atoms with van der Waals surface area (Å²) in [4.78, 5) is 0. The fraction of sp³-hybridized carbons (Fsp3) is 0. The van der Waals surface area contributed by atoms with Crippen LogP contribution in [0.2, 0.25) is 0 Å². The monoisotopic (exact) mass is 147 g/mol. The molecule has 3 nitrogen and oxygen atoms in total. The predicted molar refractivity (Wildman–Crippen MR) is 36.2 cm³/mol. The number of hydrogen-bond donors (Lipinski definition) is 2. The van der Waals surface area contributed by atoms with Crippen molar-refractivity contribution in [2.75, 3.05) is 0 Å². The van der Waals surface area contributed by atoms with E-state index in [0.29, 0.717) is 0 Å². The van der Waals surface area contributed by atoms with Gasteiger partial charge >= 0.3 is 0 Å². The van der Waals surface area contributed by atoms with Gasteiger partial charge in [0.05, 0.1) is 0 Å². The van der Waals surface area contributed by atoms with Gasteiger partial charge in [0, 0.05) is 6.20 Å². The lowest BCUT2D eigenvalue weighted by molar-refractivity contribution is 1.01. The van der Waals surface area contributed by atoms with Gasteiger partial charge in [-0.05, 0) is 27.8 Å². The number of nitrogens with two attached hydrogens (primary N) is 1. The Bertz CT molecular complexity index is 138. The minimum atomic E-state index is 0.984. The van der Waals surface area contributed by atoms with E-state index < -0.39 is 0 Å². The smallest absolute Gasteiger partial charge is 0.103 e.